The minimum atomic E-state index is -4.89. The summed E-state index contributed by atoms with van der Waals surface area (Å²) in [5, 5.41) is 0. The van der Waals surface area contributed by atoms with Crippen molar-refractivity contribution >= 4 is 12.9 Å². The first kappa shape index (κ1) is 11.4. The molecule has 0 saturated heterocycles. The van der Waals surface area contributed by atoms with Gasteiger partial charge in [-0.05, 0) is 6.92 Å². The van der Waals surface area contributed by atoms with Gasteiger partial charge < -0.3 is 17.7 Å². The first-order valence-corrected chi connectivity index (χ1v) is 4.80. The Balaban J connectivity index is 2.60. The zero-order valence-electron chi connectivity index (χ0n) is 8.17. The van der Waals surface area contributed by atoms with Gasteiger partial charge in [-0.3, -0.25) is 4.79 Å². The fourth-order valence-electron chi connectivity index (χ4n) is 2.01. The summed E-state index contributed by atoms with van der Waals surface area (Å²) in [4.78, 5) is 11.1. The number of ether oxygens (including phenoxy) is 1. The SMILES string of the molecule is CCOC(=O)C1C(CC)C1[B-](F)(F)F. The van der Waals surface area contributed by atoms with Crippen LogP contribution in [0.5, 0.6) is 0 Å². The lowest BCUT2D eigenvalue weighted by atomic mass is 9.80. The molecule has 1 aliphatic rings. The normalized spacial score (nSPS) is 31.4. The molecular weight excluding hydrogens is 196 g/mol. The largest absolute Gasteiger partial charge is 0.482 e. The van der Waals surface area contributed by atoms with E-state index in [9.17, 15) is 17.7 Å². The Bertz CT molecular complexity index is 229. The molecule has 2 nitrogen and oxygen atoms in total. The van der Waals surface area contributed by atoms with Gasteiger partial charge in [-0.25, -0.2) is 0 Å². The second kappa shape index (κ2) is 3.83. The van der Waals surface area contributed by atoms with Crippen molar-refractivity contribution in [3.63, 3.8) is 0 Å². The number of rotatable bonds is 4. The van der Waals surface area contributed by atoms with Crippen LogP contribution < -0.4 is 0 Å². The first-order valence-electron chi connectivity index (χ1n) is 4.80. The van der Waals surface area contributed by atoms with Gasteiger partial charge in [0.25, 0.3) is 0 Å². The molecule has 3 unspecified atom stereocenters. The van der Waals surface area contributed by atoms with Gasteiger partial charge in [0.2, 0.25) is 0 Å². The molecule has 82 valence electrons. The molecule has 0 spiro atoms. The summed E-state index contributed by atoms with van der Waals surface area (Å²) in [6.45, 7) is -1.49. The lowest BCUT2D eigenvalue weighted by Crippen LogP contribution is -2.19. The lowest BCUT2D eigenvalue weighted by molar-refractivity contribution is -0.145. The van der Waals surface area contributed by atoms with Crippen molar-refractivity contribution in [2.75, 3.05) is 6.61 Å². The van der Waals surface area contributed by atoms with Crippen molar-refractivity contribution < 1.29 is 22.5 Å². The minimum absolute atomic E-state index is 0.142. The van der Waals surface area contributed by atoms with Crippen molar-refractivity contribution in [3.05, 3.63) is 0 Å². The smallest absolute Gasteiger partial charge is 0.466 e. The van der Waals surface area contributed by atoms with Gasteiger partial charge in [-0.2, -0.15) is 0 Å². The Morgan fingerprint density at radius 2 is 1.93 bits per heavy atom. The molecule has 1 fully saturated rings. The molecule has 3 atom stereocenters. The van der Waals surface area contributed by atoms with Crippen molar-refractivity contribution in [2.45, 2.75) is 26.1 Å². The van der Waals surface area contributed by atoms with Gasteiger partial charge in [0.1, 0.15) is 0 Å². The van der Waals surface area contributed by atoms with E-state index in [1.165, 1.54) is 0 Å². The number of carbonyl (C=O) groups excluding carboxylic acids is 1. The van der Waals surface area contributed by atoms with Crippen LogP contribution >= 0.6 is 0 Å². The quantitative estimate of drug-likeness (QED) is 0.524. The maximum absolute atomic E-state index is 12.4. The molecule has 0 radical (unpaired) electrons. The van der Waals surface area contributed by atoms with E-state index in [4.69, 9.17) is 0 Å². The zero-order valence-corrected chi connectivity index (χ0v) is 8.17. The zero-order chi connectivity index (χ0) is 10.9. The monoisotopic (exact) mass is 209 g/mol. The van der Waals surface area contributed by atoms with E-state index in [-0.39, 0.29) is 6.61 Å². The maximum Gasteiger partial charge on any atom is 0.482 e. The summed E-state index contributed by atoms with van der Waals surface area (Å²) in [6, 6.07) is 0. The standard InChI is InChI=1S/C8H13BF3O2/c1-3-5-6(8(13)14-4-2)7(5)9(10,11)12/h5-7H,3-4H2,1-2H3/q-1. The van der Waals surface area contributed by atoms with E-state index in [0.717, 1.165) is 0 Å². The maximum atomic E-state index is 12.4. The highest BCUT2D eigenvalue weighted by molar-refractivity contribution is 6.62. The van der Waals surface area contributed by atoms with Gasteiger partial charge in [0, 0.05) is 5.92 Å². The molecule has 0 aliphatic heterocycles. The summed E-state index contributed by atoms with van der Waals surface area (Å²) < 4.78 is 41.7. The van der Waals surface area contributed by atoms with E-state index >= 15 is 0 Å². The van der Waals surface area contributed by atoms with E-state index in [1.54, 1.807) is 13.8 Å². The van der Waals surface area contributed by atoms with Crippen LogP contribution in [0.2, 0.25) is 5.82 Å². The van der Waals surface area contributed by atoms with Crippen LogP contribution in [0.3, 0.4) is 0 Å². The fraction of sp³-hybridized carbons (Fsp3) is 0.875. The van der Waals surface area contributed by atoms with E-state index in [2.05, 4.69) is 4.74 Å². The number of hydrogen-bond acceptors (Lipinski definition) is 2. The minimum Gasteiger partial charge on any atom is -0.466 e. The van der Waals surface area contributed by atoms with Gasteiger partial charge >= 0.3 is 12.9 Å². The Labute approximate surface area is 80.9 Å². The van der Waals surface area contributed by atoms with Crippen molar-refractivity contribution in [2.24, 2.45) is 11.8 Å². The molecule has 0 N–H and O–H groups in total. The molecule has 0 amide bonds. The molecule has 6 heteroatoms. The van der Waals surface area contributed by atoms with Gasteiger partial charge in [-0.1, -0.05) is 25.1 Å². The van der Waals surface area contributed by atoms with Gasteiger partial charge in [0.15, 0.2) is 0 Å². The third-order valence-electron chi connectivity index (χ3n) is 2.70. The number of hydrogen-bond donors (Lipinski definition) is 0. The lowest BCUT2D eigenvalue weighted by Gasteiger charge is -2.12. The van der Waals surface area contributed by atoms with Crippen molar-refractivity contribution in [3.8, 4) is 0 Å². The number of halogens is 3. The predicted octanol–water partition coefficient (Wildman–Crippen LogP) is 2.42. The van der Waals surface area contributed by atoms with Gasteiger partial charge in [0.05, 0.1) is 6.61 Å². The Hall–Kier alpha value is -0.675. The summed E-state index contributed by atoms with van der Waals surface area (Å²) in [7, 11) is 0. The Kier molecular flexibility index (Phi) is 3.12. The van der Waals surface area contributed by atoms with Crippen LogP contribution in [0, 0.1) is 11.8 Å². The van der Waals surface area contributed by atoms with Crippen LogP contribution in [0.15, 0.2) is 0 Å². The molecular formula is C8H13BF3O2-. The molecule has 1 aliphatic carbocycles. The third kappa shape index (κ3) is 2.04. The molecule has 0 aromatic carbocycles. The molecule has 1 saturated carbocycles. The molecule has 14 heavy (non-hydrogen) atoms. The highest BCUT2D eigenvalue weighted by atomic mass is 19.4. The topological polar surface area (TPSA) is 26.3 Å². The second-order valence-corrected chi connectivity index (χ2v) is 3.55. The Morgan fingerprint density at radius 3 is 2.21 bits per heavy atom. The van der Waals surface area contributed by atoms with Gasteiger partial charge in [-0.15, -0.1) is 0 Å². The first-order chi connectivity index (χ1) is 6.43. The summed E-state index contributed by atoms with van der Waals surface area (Å²) in [5.74, 6) is -3.59. The van der Waals surface area contributed by atoms with E-state index < -0.39 is 30.6 Å². The molecule has 0 aromatic rings. The van der Waals surface area contributed by atoms with Crippen LogP contribution in [0.4, 0.5) is 12.9 Å². The fourth-order valence-corrected chi connectivity index (χ4v) is 2.01. The molecule has 0 bridgehead atoms. The van der Waals surface area contributed by atoms with E-state index in [0.29, 0.717) is 6.42 Å². The summed E-state index contributed by atoms with van der Waals surface area (Å²) in [6.07, 6.45) is 0.384. The van der Waals surface area contributed by atoms with Crippen molar-refractivity contribution in [1.82, 2.24) is 0 Å². The van der Waals surface area contributed by atoms with E-state index in [1.807, 2.05) is 0 Å². The molecule has 0 aromatic heterocycles. The molecule has 1 rings (SSSR count). The summed E-state index contributed by atoms with van der Waals surface area (Å²) >= 11 is 0. The predicted molar refractivity (Wildman–Crippen MR) is 46.7 cm³/mol. The van der Waals surface area contributed by atoms with Crippen LogP contribution in [0.1, 0.15) is 20.3 Å². The number of carbonyl (C=O) groups is 1. The highest BCUT2D eigenvalue weighted by Crippen LogP contribution is 2.61. The van der Waals surface area contributed by atoms with Crippen LogP contribution in [-0.2, 0) is 9.53 Å². The highest BCUT2D eigenvalue weighted by Gasteiger charge is 2.62. The second-order valence-electron chi connectivity index (χ2n) is 3.55. The third-order valence-corrected chi connectivity index (χ3v) is 2.70. The van der Waals surface area contributed by atoms with Crippen molar-refractivity contribution in [1.29, 1.82) is 0 Å². The van der Waals surface area contributed by atoms with Crippen LogP contribution in [-0.4, -0.2) is 19.6 Å². The average molecular weight is 209 g/mol. The Morgan fingerprint density at radius 1 is 1.36 bits per heavy atom. The molecule has 0 heterocycles. The number of esters is 1. The summed E-state index contributed by atoms with van der Waals surface area (Å²) in [5.41, 5.74) is 0. The van der Waals surface area contributed by atoms with Crippen LogP contribution in [0.25, 0.3) is 0 Å². The average Bonchev–Trinajstić information content (AvgIpc) is 2.77.